The van der Waals surface area contributed by atoms with Crippen molar-refractivity contribution in [2.45, 2.75) is 32.6 Å². The molecule has 1 N–H and O–H groups in total. The van der Waals surface area contributed by atoms with Crippen molar-refractivity contribution < 1.29 is 19.1 Å². The number of benzene rings is 2. The standard InChI is InChI=1S/C23H23ClN2O4/c1-2-3-4-5-14-30-19-12-6-16(7-13-19)15-20-21(27)25-23(29)26(22(20)28)18-10-8-17(24)9-11-18/h6-13,15H,2-5,14H2,1H3,(H,25,27,29). The van der Waals surface area contributed by atoms with E-state index in [2.05, 4.69) is 12.2 Å². The number of rotatable bonds is 8. The first-order chi connectivity index (χ1) is 14.5. The van der Waals surface area contributed by atoms with Gasteiger partial charge in [-0.25, -0.2) is 9.69 Å². The van der Waals surface area contributed by atoms with E-state index in [4.69, 9.17) is 16.3 Å². The van der Waals surface area contributed by atoms with E-state index in [1.165, 1.54) is 18.9 Å². The molecule has 1 saturated heterocycles. The molecule has 0 radical (unpaired) electrons. The molecule has 6 nitrogen and oxygen atoms in total. The second-order valence-electron chi connectivity index (χ2n) is 6.91. The van der Waals surface area contributed by atoms with Crippen molar-refractivity contribution in [3.63, 3.8) is 0 Å². The Hall–Kier alpha value is -3.12. The summed E-state index contributed by atoms with van der Waals surface area (Å²) in [5.41, 5.74) is 0.849. The lowest BCUT2D eigenvalue weighted by molar-refractivity contribution is -0.122. The average molecular weight is 427 g/mol. The molecule has 0 unspecified atom stereocenters. The highest BCUT2D eigenvalue weighted by molar-refractivity contribution is 6.39. The van der Waals surface area contributed by atoms with E-state index in [1.807, 2.05) is 0 Å². The Kier molecular flexibility index (Phi) is 7.25. The first-order valence-corrected chi connectivity index (χ1v) is 10.3. The molecule has 1 aliphatic heterocycles. The summed E-state index contributed by atoms with van der Waals surface area (Å²) in [7, 11) is 0. The highest BCUT2D eigenvalue weighted by Crippen LogP contribution is 2.24. The van der Waals surface area contributed by atoms with Crippen molar-refractivity contribution >= 4 is 41.2 Å². The van der Waals surface area contributed by atoms with Gasteiger partial charge >= 0.3 is 6.03 Å². The zero-order valence-electron chi connectivity index (χ0n) is 16.7. The summed E-state index contributed by atoms with van der Waals surface area (Å²) in [5.74, 6) is -0.695. The molecule has 1 heterocycles. The van der Waals surface area contributed by atoms with Gasteiger partial charge in [0.1, 0.15) is 11.3 Å². The van der Waals surface area contributed by atoms with Crippen LogP contribution < -0.4 is 15.0 Å². The van der Waals surface area contributed by atoms with Crippen molar-refractivity contribution in [3.05, 3.63) is 64.7 Å². The van der Waals surface area contributed by atoms with Crippen LogP contribution in [0.2, 0.25) is 5.02 Å². The Morgan fingerprint density at radius 3 is 2.33 bits per heavy atom. The third-order valence-corrected chi connectivity index (χ3v) is 4.90. The molecule has 4 amide bonds. The number of ether oxygens (including phenoxy) is 1. The summed E-state index contributed by atoms with van der Waals surface area (Å²) in [6.07, 6.45) is 5.97. The van der Waals surface area contributed by atoms with Gasteiger partial charge in [0.05, 0.1) is 12.3 Å². The molecule has 2 aromatic carbocycles. The molecule has 3 rings (SSSR count). The average Bonchev–Trinajstić information content (AvgIpc) is 2.73. The van der Waals surface area contributed by atoms with Crippen LogP contribution in [0.25, 0.3) is 6.08 Å². The van der Waals surface area contributed by atoms with Gasteiger partial charge in [0.2, 0.25) is 0 Å². The molecule has 7 heteroatoms. The van der Waals surface area contributed by atoms with E-state index >= 15 is 0 Å². The maximum atomic E-state index is 12.8. The SMILES string of the molecule is CCCCCCOc1ccc(C=C2C(=O)NC(=O)N(c3ccc(Cl)cc3)C2=O)cc1. The van der Waals surface area contributed by atoms with Gasteiger partial charge in [-0.3, -0.25) is 14.9 Å². The van der Waals surface area contributed by atoms with Gasteiger partial charge in [-0.15, -0.1) is 0 Å². The van der Waals surface area contributed by atoms with Crippen LogP contribution in [0.1, 0.15) is 38.2 Å². The molecule has 0 spiro atoms. The molecule has 0 saturated carbocycles. The second kappa shape index (κ2) is 10.1. The van der Waals surface area contributed by atoms with Gasteiger partial charge in [0, 0.05) is 5.02 Å². The largest absolute Gasteiger partial charge is 0.494 e. The number of hydrogen-bond donors (Lipinski definition) is 1. The number of hydrogen-bond acceptors (Lipinski definition) is 4. The van der Waals surface area contributed by atoms with E-state index in [0.717, 1.165) is 23.5 Å². The quantitative estimate of drug-likeness (QED) is 0.367. The van der Waals surface area contributed by atoms with E-state index in [9.17, 15) is 14.4 Å². The fourth-order valence-electron chi connectivity index (χ4n) is 3.03. The summed E-state index contributed by atoms with van der Waals surface area (Å²) in [6, 6.07) is 12.5. The molecule has 0 aromatic heterocycles. The number of carbonyl (C=O) groups excluding carboxylic acids is 3. The van der Waals surface area contributed by atoms with Gasteiger partial charge in [-0.1, -0.05) is 49.9 Å². The molecule has 1 fully saturated rings. The third kappa shape index (κ3) is 5.27. The minimum atomic E-state index is -0.795. The lowest BCUT2D eigenvalue weighted by Crippen LogP contribution is -2.54. The molecule has 0 bridgehead atoms. The van der Waals surface area contributed by atoms with Gasteiger partial charge in [-0.05, 0) is 54.5 Å². The maximum Gasteiger partial charge on any atom is 0.335 e. The minimum absolute atomic E-state index is 0.127. The number of anilines is 1. The second-order valence-corrected chi connectivity index (χ2v) is 7.35. The van der Waals surface area contributed by atoms with Gasteiger partial charge in [0.15, 0.2) is 0 Å². The smallest absolute Gasteiger partial charge is 0.335 e. The molecule has 156 valence electrons. The monoisotopic (exact) mass is 426 g/mol. The number of carbonyl (C=O) groups is 3. The van der Waals surface area contributed by atoms with Crippen molar-refractivity contribution in [1.82, 2.24) is 5.32 Å². The van der Waals surface area contributed by atoms with Crippen LogP contribution in [0.15, 0.2) is 54.1 Å². The Balaban J connectivity index is 1.73. The number of halogens is 1. The molecule has 30 heavy (non-hydrogen) atoms. The lowest BCUT2D eigenvalue weighted by atomic mass is 10.1. The van der Waals surface area contributed by atoms with Crippen LogP contribution in [0.3, 0.4) is 0 Å². The Morgan fingerprint density at radius 2 is 1.67 bits per heavy atom. The highest BCUT2D eigenvalue weighted by Gasteiger charge is 2.36. The van der Waals surface area contributed by atoms with Gasteiger partial charge < -0.3 is 4.74 Å². The molecular formula is C23H23ClN2O4. The first kappa shape index (κ1) is 21.6. The van der Waals surface area contributed by atoms with Crippen molar-refractivity contribution in [3.8, 4) is 5.75 Å². The number of unbranched alkanes of at least 4 members (excludes halogenated alkanes) is 3. The number of nitrogens with zero attached hydrogens (tertiary/aromatic N) is 1. The normalized spacial score (nSPS) is 15.5. The van der Waals surface area contributed by atoms with Crippen molar-refractivity contribution in [2.24, 2.45) is 0 Å². The highest BCUT2D eigenvalue weighted by atomic mass is 35.5. The van der Waals surface area contributed by atoms with Gasteiger partial charge in [0.25, 0.3) is 11.8 Å². The van der Waals surface area contributed by atoms with Gasteiger partial charge in [-0.2, -0.15) is 0 Å². The number of nitrogens with one attached hydrogen (secondary N) is 1. The number of barbiturate groups is 1. The molecule has 2 aromatic rings. The summed E-state index contributed by atoms with van der Waals surface area (Å²) >= 11 is 5.87. The van der Waals surface area contributed by atoms with Crippen LogP contribution in [0.4, 0.5) is 10.5 Å². The summed E-state index contributed by atoms with van der Waals surface area (Å²) in [6.45, 7) is 2.81. The summed E-state index contributed by atoms with van der Waals surface area (Å²) in [5, 5.41) is 2.68. The lowest BCUT2D eigenvalue weighted by Gasteiger charge is -2.26. The van der Waals surface area contributed by atoms with Crippen LogP contribution in [0.5, 0.6) is 5.75 Å². The fourth-order valence-corrected chi connectivity index (χ4v) is 3.15. The predicted octanol–water partition coefficient (Wildman–Crippen LogP) is 4.97. The predicted molar refractivity (Wildman–Crippen MR) is 117 cm³/mol. The summed E-state index contributed by atoms with van der Waals surface area (Å²) in [4.78, 5) is 38.2. The first-order valence-electron chi connectivity index (χ1n) is 9.89. The summed E-state index contributed by atoms with van der Waals surface area (Å²) < 4.78 is 5.71. The molecule has 0 aliphatic carbocycles. The van der Waals surface area contributed by atoms with Crippen molar-refractivity contribution in [1.29, 1.82) is 0 Å². The van der Waals surface area contributed by atoms with Crippen LogP contribution >= 0.6 is 11.6 Å². The molecule has 1 aliphatic rings. The number of imide groups is 2. The van der Waals surface area contributed by atoms with E-state index in [1.54, 1.807) is 48.5 Å². The van der Waals surface area contributed by atoms with Crippen LogP contribution in [-0.2, 0) is 9.59 Å². The molecular weight excluding hydrogens is 404 g/mol. The maximum absolute atomic E-state index is 12.8. The number of urea groups is 1. The van der Waals surface area contributed by atoms with Crippen LogP contribution in [-0.4, -0.2) is 24.5 Å². The van der Waals surface area contributed by atoms with E-state index in [0.29, 0.717) is 22.9 Å². The Morgan fingerprint density at radius 1 is 0.967 bits per heavy atom. The Bertz CT molecular complexity index is 952. The third-order valence-electron chi connectivity index (χ3n) is 4.64. The van der Waals surface area contributed by atoms with Crippen LogP contribution in [0, 0.1) is 0 Å². The Labute approximate surface area is 180 Å². The minimum Gasteiger partial charge on any atom is -0.494 e. The molecule has 0 atom stereocenters. The number of amides is 4. The van der Waals surface area contributed by atoms with E-state index in [-0.39, 0.29) is 5.57 Å². The fraction of sp³-hybridized carbons (Fsp3) is 0.261. The zero-order chi connectivity index (χ0) is 21.5. The van der Waals surface area contributed by atoms with Crippen molar-refractivity contribution in [2.75, 3.05) is 11.5 Å². The zero-order valence-corrected chi connectivity index (χ0v) is 17.4. The van der Waals surface area contributed by atoms with E-state index < -0.39 is 17.8 Å². The topological polar surface area (TPSA) is 75.7 Å².